The molecule has 0 aromatic heterocycles. The Morgan fingerprint density at radius 1 is 1.19 bits per heavy atom. The van der Waals surface area contributed by atoms with Crippen LogP contribution in [0.5, 0.6) is 0 Å². The van der Waals surface area contributed by atoms with Crippen molar-refractivity contribution in [2.75, 3.05) is 6.61 Å². The summed E-state index contributed by atoms with van der Waals surface area (Å²) >= 11 is 0. The molecule has 1 aliphatic carbocycles. The third kappa shape index (κ3) is 4.63. The van der Waals surface area contributed by atoms with Gasteiger partial charge in [0.2, 0.25) is 0 Å². The molecular weight excluding hydrogens is 326 g/mol. The Hall–Kier alpha value is -2.36. The first-order chi connectivity index (χ1) is 12.6. The molecule has 1 aromatic rings. The quantitative estimate of drug-likeness (QED) is 0.730. The molecule has 26 heavy (non-hydrogen) atoms. The molecule has 3 rings (SSSR count). The van der Waals surface area contributed by atoms with Gasteiger partial charge in [-0.25, -0.2) is 9.69 Å². The van der Waals surface area contributed by atoms with E-state index in [-0.39, 0.29) is 18.6 Å². The van der Waals surface area contributed by atoms with Gasteiger partial charge in [0.15, 0.2) is 0 Å². The van der Waals surface area contributed by atoms with Crippen molar-refractivity contribution in [2.45, 2.75) is 57.9 Å². The van der Waals surface area contributed by atoms with Crippen LogP contribution in [0.25, 0.3) is 0 Å². The third-order valence-electron chi connectivity index (χ3n) is 5.06. The molecule has 1 fully saturated rings. The van der Waals surface area contributed by atoms with Crippen LogP contribution in [-0.4, -0.2) is 29.5 Å². The van der Waals surface area contributed by atoms with Gasteiger partial charge >= 0.3 is 6.09 Å². The summed E-state index contributed by atoms with van der Waals surface area (Å²) in [5.41, 5.74) is 2.91. The second-order valence-corrected chi connectivity index (χ2v) is 7.15. The standard InChI is InChI=1S/C22H27NO3/c1-17(14-18-10-6-3-2-4-7-11-18)21(24)23-20(16-26-22(23)25)15-19-12-8-5-9-13-19/h5,8-10,12-14,20H,2-4,6-7,11,15-16H2,1H3/b17-14+,18-10+/t20-/m1/s1. The molecule has 4 heteroatoms. The zero-order valence-corrected chi connectivity index (χ0v) is 15.4. The molecule has 2 aliphatic rings. The minimum atomic E-state index is -0.532. The number of cyclic esters (lactones) is 1. The SMILES string of the molecule is C/C(=C\C1=C\CCCCCC1)C(=O)N1C(=O)OC[C@H]1Cc1ccccc1. The fourth-order valence-electron chi connectivity index (χ4n) is 3.62. The normalized spacial score (nSPS) is 23.7. The van der Waals surface area contributed by atoms with Gasteiger partial charge in [0.25, 0.3) is 5.91 Å². The summed E-state index contributed by atoms with van der Waals surface area (Å²) in [6.45, 7) is 2.06. The Balaban J connectivity index is 1.73. The van der Waals surface area contributed by atoms with Crippen molar-refractivity contribution in [1.82, 2.24) is 4.90 Å². The summed E-state index contributed by atoms with van der Waals surface area (Å²) in [6, 6.07) is 9.66. The van der Waals surface area contributed by atoms with Gasteiger partial charge < -0.3 is 4.74 Å². The molecule has 0 unspecified atom stereocenters. The highest BCUT2D eigenvalue weighted by atomic mass is 16.6. The Bertz CT molecular complexity index is 705. The summed E-state index contributed by atoms with van der Waals surface area (Å²) in [6.07, 6.45) is 11.2. The molecule has 0 bridgehead atoms. The zero-order chi connectivity index (χ0) is 18.4. The fraction of sp³-hybridized carbons (Fsp3) is 0.455. The highest BCUT2D eigenvalue weighted by Crippen LogP contribution is 2.23. The number of allylic oxidation sites excluding steroid dienone is 3. The number of hydrogen-bond acceptors (Lipinski definition) is 3. The van der Waals surface area contributed by atoms with Crippen molar-refractivity contribution in [1.29, 1.82) is 0 Å². The topological polar surface area (TPSA) is 46.6 Å². The van der Waals surface area contributed by atoms with E-state index in [1.165, 1.54) is 29.7 Å². The number of benzene rings is 1. The van der Waals surface area contributed by atoms with Crippen LogP contribution < -0.4 is 0 Å². The van der Waals surface area contributed by atoms with E-state index in [4.69, 9.17) is 4.74 Å². The van der Waals surface area contributed by atoms with E-state index < -0.39 is 6.09 Å². The number of carbonyl (C=O) groups is 2. The Labute approximate surface area is 155 Å². The minimum absolute atomic E-state index is 0.239. The second-order valence-electron chi connectivity index (χ2n) is 7.15. The second kappa shape index (κ2) is 8.84. The first-order valence-corrected chi connectivity index (χ1v) is 9.57. The van der Waals surface area contributed by atoms with Crippen LogP contribution in [0.1, 0.15) is 51.0 Å². The molecule has 1 saturated heterocycles. The minimum Gasteiger partial charge on any atom is -0.447 e. The average molecular weight is 353 g/mol. The smallest absolute Gasteiger partial charge is 0.417 e. The Morgan fingerprint density at radius 3 is 2.77 bits per heavy atom. The maximum atomic E-state index is 12.9. The number of hydrogen-bond donors (Lipinski definition) is 0. The number of ether oxygens (including phenoxy) is 1. The molecule has 1 aromatic carbocycles. The van der Waals surface area contributed by atoms with E-state index in [2.05, 4.69) is 6.08 Å². The van der Waals surface area contributed by atoms with Gasteiger partial charge in [0.05, 0.1) is 6.04 Å². The molecule has 2 amide bonds. The predicted molar refractivity (Wildman–Crippen MR) is 102 cm³/mol. The van der Waals surface area contributed by atoms with Crippen molar-refractivity contribution < 1.29 is 14.3 Å². The highest BCUT2D eigenvalue weighted by molar-refractivity contribution is 6.03. The summed E-state index contributed by atoms with van der Waals surface area (Å²) in [5.74, 6) is -0.239. The molecule has 0 spiro atoms. The van der Waals surface area contributed by atoms with Crippen molar-refractivity contribution in [2.24, 2.45) is 0 Å². The molecule has 1 aliphatic heterocycles. The van der Waals surface area contributed by atoms with Gasteiger partial charge in [-0.3, -0.25) is 4.79 Å². The molecule has 1 heterocycles. The first-order valence-electron chi connectivity index (χ1n) is 9.57. The summed E-state index contributed by atoms with van der Waals surface area (Å²) in [7, 11) is 0. The fourth-order valence-corrected chi connectivity index (χ4v) is 3.62. The lowest BCUT2D eigenvalue weighted by Crippen LogP contribution is -2.40. The molecule has 4 nitrogen and oxygen atoms in total. The van der Waals surface area contributed by atoms with Crippen molar-refractivity contribution >= 4 is 12.0 Å². The lowest BCUT2D eigenvalue weighted by Gasteiger charge is -2.20. The van der Waals surface area contributed by atoms with Gasteiger partial charge in [0, 0.05) is 5.57 Å². The maximum absolute atomic E-state index is 12.9. The van der Waals surface area contributed by atoms with Crippen LogP contribution >= 0.6 is 0 Å². The van der Waals surface area contributed by atoms with Crippen molar-refractivity contribution in [3.8, 4) is 0 Å². The van der Waals surface area contributed by atoms with Crippen LogP contribution in [-0.2, 0) is 16.0 Å². The van der Waals surface area contributed by atoms with Crippen molar-refractivity contribution in [3.63, 3.8) is 0 Å². The van der Waals surface area contributed by atoms with E-state index >= 15 is 0 Å². The van der Waals surface area contributed by atoms with Gasteiger partial charge in [-0.15, -0.1) is 0 Å². The summed E-state index contributed by atoms with van der Waals surface area (Å²) in [4.78, 5) is 26.4. The number of amides is 2. The lowest BCUT2D eigenvalue weighted by molar-refractivity contribution is -0.125. The summed E-state index contributed by atoms with van der Waals surface area (Å²) in [5, 5.41) is 0. The molecular formula is C22H27NO3. The number of rotatable bonds is 4. The van der Waals surface area contributed by atoms with Crippen LogP contribution in [0.15, 0.2) is 53.6 Å². The van der Waals surface area contributed by atoms with Crippen LogP contribution in [0.3, 0.4) is 0 Å². The molecule has 0 radical (unpaired) electrons. The maximum Gasteiger partial charge on any atom is 0.417 e. The zero-order valence-electron chi connectivity index (χ0n) is 15.4. The number of imide groups is 1. The average Bonchev–Trinajstić information content (AvgIpc) is 2.97. The van der Waals surface area contributed by atoms with E-state index in [9.17, 15) is 9.59 Å². The van der Waals surface area contributed by atoms with E-state index in [1.807, 2.05) is 36.4 Å². The van der Waals surface area contributed by atoms with Gasteiger partial charge in [0.1, 0.15) is 6.61 Å². The molecule has 138 valence electrons. The third-order valence-corrected chi connectivity index (χ3v) is 5.06. The number of nitrogens with zero attached hydrogens (tertiary/aromatic N) is 1. The van der Waals surface area contributed by atoms with Crippen molar-refractivity contribution in [3.05, 3.63) is 59.2 Å². The molecule has 0 N–H and O–H groups in total. The predicted octanol–water partition coefficient (Wildman–Crippen LogP) is 4.80. The van der Waals surface area contributed by atoms with E-state index in [0.29, 0.717) is 12.0 Å². The molecule has 0 saturated carbocycles. The molecule has 1 atom stereocenters. The van der Waals surface area contributed by atoms with Crippen LogP contribution in [0.4, 0.5) is 4.79 Å². The lowest BCUT2D eigenvalue weighted by atomic mass is 9.98. The van der Waals surface area contributed by atoms with Crippen LogP contribution in [0.2, 0.25) is 0 Å². The van der Waals surface area contributed by atoms with E-state index in [1.54, 1.807) is 6.92 Å². The van der Waals surface area contributed by atoms with E-state index in [0.717, 1.165) is 24.8 Å². The Morgan fingerprint density at radius 2 is 1.96 bits per heavy atom. The summed E-state index contributed by atoms with van der Waals surface area (Å²) < 4.78 is 5.17. The van der Waals surface area contributed by atoms with Gasteiger partial charge in [-0.05, 0) is 44.6 Å². The van der Waals surface area contributed by atoms with Crippen LogP contribution in [0, 0.1) is 0 Å². The van der Waals surface area contributed by atoms with Gasteiger partial charge in [-0.2, -0.15) is 0 Å². The Kier molecular flexibility index (Phi) is 6.26. The van der Waals surface area contributed by atoms with Gasteiger partial charge in [-0.1, -0.05) is 60.9 Å². The monoisotopic (exact) mass is 353 g/mol. The largest absolute Gasteiger partial charge is 0.447 e. The first kappa shape index (κ1) is 18.4. The highest BCUT2D eigenvalue weighted by Gasteiger charge is 2.38. The number of carbonyl (C=O) groups excluding carboxylic acids is 2.